The van der Waals surface area contributed by atoms with Crippen LogP contribution in [-0.2, 0) is 0 Å². The molecule has 0 fully saturated rings. The SMILES string of the molecule is O=C(Cl)c1cc(OC(F)=C(F)C(F)(F)C(F)(F)C(F)(F)C(F)(F)C(F)(F)C(F)(F)C(F)(F)F)c(F)c(C(=O)Cl)c1. The van der Waals surface area contributed by atoms with E-state index in [1.165, 1.54) is 0 Å². The van der Waals surface area contributed by atoms with Crippen LogP contribution in [0.25, 0.3) is 0 Å². The number of rotatable bonds is 10. The highest BCUT2D eigenvalue weighted by atomic mass is 35.5. The molecule has 0 aliphatic rings. The third-order valence-corrected chi connectivity index (χ3v) is 4.88. The molecule has 0 aliphatic heterocycles. The highest BCUT2D eigenvalue weighted by Crippen LogP contribution is 2.63. The summed E-state index contributed by atoms with van der Waals surface area (Å²) in [6.07, 6.45) is -7.88. The highest BCUT2D eigenvalue weighted by Gasteiger charge is 2.93. The van der Waals surface area contributed by atoms with Gasteiger partial charge in [-0.3, -0.25) is 9.59 Å². The van der Waals surface area contributed by atoms with Crippen molar-refractivity contribution in [2.24, 2.45) is 0 Å². The van der Waals surface area contributed by atoms with Crippen LogP contribution in [0.1, 0.15) is 20.7 Å². The van der Waals surface area contributed by atoms with E-state index in [0.717, 1.165) is 0 Å². The average Bonchev–Trinajstić information content (AvgIpc) is 2.77. The number of alkyl halides is 15. The van der Waals surface area contributed by atoms with Gasteiger partial charge in [-0.1, -0.05) is 0 Å². The van der Waals surface area contributed by atoms with Crippen molar-refractivity contribution in [2.45, 2.75) is 41.7 Å². The molecular formula is C17H2Cl2F18O3. The molecule has 0 unspecified atom stereocenters. The third kappa shape index (κ3) is 5.25. The lowest BCUT2D eigenvalue weighted by atomic mass is 9.91. The number of carbonyl (C=O) groups is 2. The molecule has 1 rings (SSSR count). The van der Waals surface area contributed by atoms with E-state index in [0.29, 0.717) is 0 Å². The van der Waals surface area contributed by atoms with Gasteiger partial charge in [0, 0.05) is 5.56 Å². The van der Waals surface area contributed by atoms with Crippen molar-refractivity contribution in [1.29, 1.82) is 0 Å². The second-order valence-corrected chi connectivity index (χ2v) is 7.70. The first kappa shape index (κ1) is 35.4. The smallest absolute Gasteiger partial charge is 0.426 e. The Morgan fingerprint density at radius 3 is 1.40 bits per heavy atom. The Labute approximate surface area is 216 Å². The lowest BCUT2D eigenvalue weighted by Crippen LogP contribution is -2.72. The molecule has 0 saturated carbocycles. The Morgan fingerprint density at radius 1 is 0.625 bits per heavy atom. The summed E-state index contributed by atoms with van der Waals surface area (Å²) in [4.78, 5) is 22.2. The first-order valence-electron chi connectivity index (χ1n) is 8.75. The summed E-state index contributed by atoms with van der Waals surface area (Å²) in [6.45, 7) is 0. The molecule has 0 bridgehead atoms. The molecule has 40 heavy (non-hydrogen) atoms. The predicted molar refractivity (Wildman–Crippen MR) is 92.4 cm³/mol. The van der Waals surface area contributed by atoms with Crippen LogP contribution in [0.4, 0.5) is 79.0 Å². The Balaban J connectivity index is 3.76. The van der Waals surface area contributed by atoms with Crippen molar-refractivity contribution in [3.8, 4) is 5.75 Å². The molecule has 1 aromatic rings. The highest BCUT2D eigenvalue weighted by molar-refractivity contribution is 6.69. The van der Waals surface area contributed by atoms with Gasteiger partial charge in [0.25, 0.3) is 10.5 Å². The van der Waals surface area contributed by atoms with E-state index < -0.39 is 86.7 Å². The van der Waals surface area contributed by atoms with E-state index >= 15 is 0 Å². The molecule has 0 radical (unpaired) electrons. The number of allylic oxidation sites excluding steroid dienone is 1. The fourth-order valence-electron chi connectivity index (χ4n) is 2.30. The minimum absolute atomic E-state index is 0.160. The summed E-state index contributed by atoms with van der Waals surface area (Å²) >= 11 is 9.77. The Morgan fingerprint density at radius 2 is 1.02 bits per heavy atom. The van der Waals surface area contributed by atoms with Crippen LogP contribution in [0.2, 0.25) is 0 Å². The molecule has 0 heterocycles. The quantitative estimate of drug-likeness (QED) is 0.143. The number of ether oxygens (including phenoxy) is 1. The minimum atomic E-state index is -8.79. The molecule has 0 N–H and O–H groups in total. The molecule has 3 nitrogen and oxygen atoms in total. The maximum Gasteiger partial charge on any atom is 0.460 e. The standard InChI is InChI=1S/C17H2Cl2F18O3/c18-8(38)3-1-4(9(19)39)6(20)5(2-3)40-10(22)7(21)11(23,24)12(25,26)13(27,28)14(29,30)15(31,32)16(33,34)17(35,36)37/h1-2H. The molecule has 0 amide bonds. The van der Waals surface area contributed by atoms with Gasteiger partial charge < -0.3 is 4.74 Å². The molecular weight excluding hydrogens is 665 g/mol. The van der Waals surface area contributed by atoms with Gasteiger partial charge in [0.15, 0.2) is 11.6 Å². The molecule has 0 aromatic heterocycles. The first-order valence-corrected chi connectivity index (χ1v) is 9.51. The fraction of sp³-hybridized carbons (Fsp3) is 0.412. The monoisotopic (exact) mass is 666 g/mol. The van der Waals surface area contributed by atoms with E-state index in [9.17, 15) is 88.6 Å². The summed E-state index contributed by atoms with van der Waals surface area (Å²) in [5.74, 6) is -60.1. The minimum Gasteiger partial charge on any atom is -0.426 e. The average molecular weight is 667 g/mol. The second-order valence-electron chi connectivity index (χ2n) is 7.02. The Hall–Kier alpha value is -2.58. The van der Waals surface area contributed by atoms with Gasteiger partial charge >= 0.3 is 47.7 Å². The lowest BCUT2D eigenvalue weighted by molar-refractivity contribution is -0.451. The summed E-state index contributed by atoms with van der Waals surface area (Å²) < 4.78 is 242. The zero-order chi connectivity index (χ0) is 32.2. The number of hydrogen-bond donors (Lipinski definition) is 0. The third-order valence-electron chi connectivity index (χ3n) is 4.45. The number of halogens is 20. The molecule has 23 heteroatoms. The topological polar surface area (TPSA) is 43.4 Å². The summed E-state index contributed by atoms with van der Waals surface area (Å²) in [6, 6.07) is -4.05. The van der Waals surface area contributed by atoms with E-state index in [2.05, 4.69) is 4.74 Å². The zero-order valence-corrected chi connectivity index (χ0v) is 19.0. The summed E-state index contributed by atoms with van der Waals surface area (Å²) in [7, 11) is 0. The molecule has 228 valence electrons. The lowest BCUT2D eigenvalue weighted by Gasteiger charge is -2.41. The van der Waals surface area contributed by atoms with E-state index in [1.807, 2.05) is 0 Å². The number of benzene rings is 1. The number of carbonyl (C=O) groups excluding carboxylic acids is 2. The van der Waals surface area contributed by atoms with Gasteiger partial charge in [0.2, 0.25) is 5.83 Å². The maximum absolute atomic E-state index is 14.1. The second kappa shape index (κ2) is 10.4. The predicted octanol–water partition coefficient (Wildman–Crippen LogP) is 8.44. The van der Waals surface area contributed by atoms with Crippen molar-refractivity contribution in [2.75, 3.05) is 0 Å². The first-order chi connectivity index (χ1) is 17.4. The molecule has 0 saturated heterocycles. The van der Waals surface area contributed by atoms with Crippen LogP contribution in [0.5, 0.6) is 5.75 Å². The van der Waals surface area contributed by atoms with Crippen LogP contribution >= 0.6 is 23.2 Å². The molecule has 0 atom stereocenters. The van der Waals surface area contributed by atoms with Crippen molar-refractivity contribution < 1.29 is 93.4 Å². The van der Waals surface area contributed by atoms with Crippen molar-refractivity contribution in [1.82, 2.24) is 0 Å². The van der Waals surface area contributed by atoms with Gasteiger partial charge in [-0.2, -0.15) is 74.6 Å². The molecule has 0 spiro atoms. The van der Waals surface area contributed by atoms with Crippen molar-refractivity contribution >= 4 is 33.7 Å². The van der Waals surface area contributed by atoms with Gasteiger partial charge in [-0.05, 0) is 35.3 Å². The Kier molecular flexibility index (Phi) is 9.18. The summed E-state index contributed by atoms with van der Waals surface area (Å²) in [5.41, 5.74) is -2.71. The van der Waals surface area contributed by atoms with E-state index in [-0.39, 0.29) is 12.1 Å². The van der Waals surface area contributed by atoms with Crippen molar-refractivity contribution in [3.05, 3.63) is 40.9 Å². The van der Waals surface area contributed by atoms with Crippen LogP contribution in [0.3, 0.4) is 0 Å². The van der Waals surface area contributed by atoms with E-state index in [4.69, 9.17) is 23.2 Å². The molecule has 1 aromatic carbocycles. The van der Waals surface area contributed by atoms with Gasteiger partial charge in [-0.25, -0.2) is 4.39 Å². The maximum atomic E-state index is 14.1. The van der Waals surface area contributed by atoms with Gasteiger partial charge in [0.05, 0.1) is 5.56 Å². The van der Waals surface area contributed by atoms with E-state index in [1.54, 1.807) is 0 Å². The molecule has 0 aliphatic carbocycles. The van der Waals surface area contributed by atoms with Crippen molar-refractivity contribution in [3.63, 3.8) is 0 Å². The fourth-order valence-corrected chi connectivity index (χ4v) is 2.54. The number of hydrogen-bond acceptors (Lipinski definition) is 3. The normalized spacial score (nSPS) is 15.1. The zero-order valence-electron chi connectivity index (χ0n) is 17.4. The van der Waals surface area contributed by atoms with Crippen LogP contribution in [-0.4, -0.2) is 52.2 Å². The van der Waals surface area contributed by atoms with Gasteiger partial charge in [-0.15, -0.1) is 0 Å². The van der Waals surface area contributed by atoms with Crippen LogP contribution in [0, 0.1) is 5.82 Å². The Bertz CT molecular complexity index is 1220. The summed E-state index contributed by atoms with van der Waals surface area (Å²) in [5, 5.41) is -3.63. The van der Waals surface area contributed by atoms with Crippen LogP contribution < -0.4 is 4.74 Å². The largest absolute Gasteiger partial charge is 0.460 e. The van der Waals surface area contributed by atoms with Gasteiger partial charge in [0.1, 0.15) is 0 Å². The van der Waals surface area contributed by atoms with Crippen LogP contribution in [0.15, 0.2) is 24.0 Å².